The molecule has 5 heteroatoms. The molecule has 1 heterocycles. The Balaban J connectivity index is 2.50. The summed E-state index contributed by atoms with van der Waals surface area (Å²) in [5.74, 6) is 0.0903. The number of nitrogens with zero attached hydrogens (tertiary/aromatic N) is 1. The molecule has 0 aromatic heterocycles. The third kappa shape index (κ3) is 1.47. The lowest BCUT2D eigenvalue weighted by atomic mass is 10.3. The number of hydrogen-bond donors (Lipinski definition) is 1. The van der Waals surface area contributed by atoms with Crippen molar-refractivity contribution >= 4 is 10.0 Å². The minimum Gasteiger partial charge on any atom is -0.329 e. The fraction of sp³-hybridized carbons (Fsp3) is 1.00. The van der Waals surface area contributed by atoms with Crippen molar-refractivity contribution in [2.24, 2.45) is 5.73 Å². The van der Waals surface area contributed by atoms with E-state index in [1.165, 1.54) is 4.31 Å². The van der Waals surface area contributed by atoms with Crippen molar-refractivity contribution in [3.05, 3.63) is 0 Å². The molecule has 0 spiro atoms. The van der Waals surface area contributed by atoms with Crippen LogP contribution in [0.2, 0.25) is 0 Å². The summed E-state index contributed by atoms with van der Waals surface area (Å²) < 4.78 is 23.6. The molecule has 2 N–H and O–H groups in total. The molecule has 0 aliphatic carbocycles. The molecule has 0 bridgehead atoms. The maximum atomic E-state index is 11.1. The molecule has 1 aliphatic rings. The Hall–Kier alpha value is -0.130. The molecule has 10 heavy (non-hydrogen) atoms. The number of rotatable bonds is 3. The van der Waals surface area contributed by atoms with E-state index in [0.29, 0.717) is 13.1 Å². The second-order valence-electron chi connectivity index (χ2n) is 2.36. The van der Waals surface area contributed by atoms with Crippen molar-refractivity contribution < 1.29 is 8.42 Å². The molecule has 0 atom stereocenters. The largest absolute Gasteiger partial charge is 0.329 e. The van der Waals surface area contributed by atoms with Gasteiger partial charge in [0.15, 0.2) is 0 Å². The van der Waals surface area contributed by atoms with Crippen LogP contribution in [0.15, 0.2) is 0 Å². The summed E-state index contributed by atoms with van der Waals surface area (Å²) in [5.41, 5.74) is 5.13. The van der Waals surface area contributed by atoms with E-state index in [0.717, 1.165) is 6.42 Å². The molecule has 0 unspecified atom stereocenters. The van der Waals surface area contributed by atoms with Gasteiger partial charge in [-0.3, -0.25) is 0 Å². The van der Waals surface area contributed by atoms with E-state index in [1.54, 1.807) is 0 Å². The first-order valence-electron chi connectivity index (χ1n) is 3.35. The summed E-state index contributed by atoms with van der Waals surface area (Å²) in [6.07, 6.45) is 0.990. The summed E-state index contributed by atoms with van der Waals surface area (Å²) in [7, 11) is -2.97. The molecule has 0 aromatic rings. The van der Waals surface area contributed by atoms with Crippen LogP contribution in [-0.4, -0.2) is 38.1 Å². The highest BCUT2D eigenvalue weighted by atomic mass is 32.2. The molecule has 0 amide bonds. The molecule has 1 rings (SSSR count). The number of hydrogen-bond acceptors (Lipinski definition) is 3. The fourth-order valence-corrected chi connectivity index (χ4v) is 2.21. The van der Waals surface area contributed by atoms with Gasteiger partial charge in [0.25, 0.3) is 0 Å². The lowest BCUT2D eigenvalue weighted by molar-refractivity contribution is 0.309. The highest BCUT2D eigenvalue weighted by Gasteiger charge is 2.26. The van der Waals surface area contributed by atoms with E-state index >= 15 is 0 Å². The summed E-state index contributed by atoms with van der Waals surface area (Å²) in [4.78, 5) is 0. The van der Waals surface area contributed by atoms with Crippen LogP contribution in [0.25, 0.3) is 0 Å². The zero-order valence-corrected chi connectivity index (χ0v) is 6.60. The van der Waals surface area contributed by atoms with Gasteiger partial charge in [0.1, 0.15) is 0 Å². The Morgan fingerprint density at radius 3 is 2.30 bits per heavy atom. The minimum atomic E-state index is -2.97. The summed E-state index contributed by atoms with van der Waals surface area (Å²) >= 11 is 0. The molecule has 1 aliphatic heterocycles. The van der Waals surface area contributed by atoms with Gasteiger partial charge in [0.05, 0.1) is 5.75 Å². The Morgan fingerprint density at radius 2 is 2.00 bits per heavy atom. The molecular weight excluding hydrogens is 152 g/mol. The average Bonchev–Trinajstić information content (AvgIpc) is 1.56. The van der Waals surface area contributed by atoms with Gasteiger partial charge < -0.3 is 5.73 Å². The first-order valence-corrected chi connectivity index (χ1v) is 4.95. The van der Waals surface area contributed by atoms with Crippen molar-refractivity contribution in [1.29, 1.82) is 0 Å². The molecule has 0 radical (unpaired) electrons. The first-order chi connectivity index (χ1) is 4.67. The van der Waals surface area contributed by atoms with Crippen LogP contribution in [0.4, 0.5) is 0 Å². The van der Waals surface area contributed by atoms with Gasteiger partial charge in [-0.05, 0) is 6.42 Å². The molecule has 1 fully saturated rings. The third-order valence-electron chi connectivity index (χ3n) is 1.58. The van der Waals surface area contributed by atoms with Gasteiger partial charge >= 0.3 is 0 Å². The third-order valence-corrected chi connectivity index (χ3v) is 3.49. The van der Waals surface area contributed by atoms with E-state index in [1.807, 2.05) is 0 Å². The lowest BCUT2D eigenvalue weighted by Gasteiger charge is -2.29. The van der Waals surface area contributed by atoms with E-state index in [4.69, 9.17) is 5.73 Å². The van der Waals surface area contributed by atoms with Crippen LogP contribution in [0.1, 0.15) is 6.42 Å². The van der Waals surface area contributed by atoms with Crippen molar-refractivity contribution in [2.45, 2.75) is 6.42 Å². The van der Waals surface area contributed by atoms with Gasteiger partial charge in [-0.1, -0.05) is 0 Å². The quantitative estimate of drug-likeness (QED) is 0.580. The highest BCUT2D eigenvalue weighted by molar-refractivity contribution is 7.89. The summed E-state index contributed by atoms with van der Waals surface area (Å²) in [6.45, 7) is 1.59. The van der Waals surface area contributed by atoms with Crippen LogP contribution >= 0.6 is 0 Å². The highest BCUT2D eigenvalue weighted by Crippen LogP contribution is 2.11. The number of nitrogens with two attached hydrogens (primary N) is 1. The second kappa shape index (κ2) is 2.86. The van der Waals surface area contributed by atoms with E-state index in [-0.39, 0.29) is 12.3 Å². The molecule has 0 saturated carbocycles. The number of sulfonamides is 1. The maximum absolute atomic E-state index is 11.1. The molecule has 4 nitrogen and oxygen atoms in total. The Labute approximate surface area is 61.1 Å². The van der Waals surface area contributed by atoms with E-state index < -0.39 is 10.0 Å². The smallest absolute Gasteiger partial charge is 0.215 e. The minimum absolute atomic E-state index is 0.0903. The van der Waals surface area contributed by atoms with Crippen molar-refractivity contribution in [2.75, 3.05) is 25.4 Å². The van der Waals surface area contributed by atoms with Gasteiger partial charge in [-0.15, -0.1) is 0 Å². The van der Waals surface area contributed by atoms with E-state index in [9.17, 15) is 8.42 Å². The lowest BCUT2D eigenvalue weighted by Crippen LogP contribution is -2.44. The zero-order chi connectivity index (χ0) is 7.61. The first kappa shape index (κ1) is 7.97. The predicted octanol–water partition coefficient (Wildman–Crippen LogP) is -1.02. The van der Waals surface area contributed by atoms with Gasteiger partial charge in [-0.25, -0.2) is 12.7 Å². The van der Waals surface area contributed by atoms with Crippen LogP contribution in [0.5, 0.6) is 0 Å². The average molecular weight is 164 g/mol. The monoisotopic (exact) mass is 164 g/mol. The van der Waals surface area contributed by atoms with Gasteiger partial charge in [-0.2, -0.15) is 0 Å². The zero-order valence-electron chi connectivity index (χ0n) is 5.78. The van der Waals surface area contributed by atoms with Crippen LogP contribution in [0.3, 0.4) is 0 Å². The van der Waals surface area contributed by atoms with Gasteiger partial charge in [0, 0.05) is 19.6 Å². The molecule has 60 valence electrons. The summed E-state index contributed by atoms with van der Waals surface area (Å²) in [5, 5.41) is 0. The van der Waals surface area contributed by atoms with Gasteiger partial charge in [0.2, 0.25) is 10.0 Å². The molecule has 1 saturated heterocycles. The topological polar surface area (TPSA) is 63.4 Å². The fourth-order valence-electron chi connectivity index (χ4n) is 0.843. The van der Waals surface area contributed by atoms with Crippen LogP contribution in [-0.2, 0) is 10.0 Å². The second-order valence-corrected chi connectivity index (χ2v) is 4.45. The molecular formula is C5H12N2O2S. The van der Waals surface area contributed by atoms with Crippen LogP contribution < -0.4 is 5.73 Å². The predicted molar refractivity (Wildman–Crippen MR) is 39.0 cm³/mol. The van der Waals surface area contributed by atoms with E-state index in [2.05, 4.69) is 0 Å². The standard InChI is InChI=1S/C5H12N2O2S/c6-2-5-10(8,9)7-3-1-4-7/h1-6H2. The van der Waals surface area contributed by atoms with Crippen molar-refractivity contribution in [3.63, 3.8) is 0 Å². The van der Waals surface area contributed by atoms with Crippen molar-refractivity contribution in [1.82, 2.24) is 4.31 Å². The normalized spacial score (nSPS) is 20.5. The maximum Gasteiger partial charge on any atom is 0.215 e. The van der Waals surface area contributed by atoms with Crippen LogP contribution in [0, 0.1) is 0 Å². The summed E-state index contributed by atoms with van der Waals surface area (Å²) in [6, 6.07) is 0. The van der Waals surface area contributed by atoms with Crippen molar-refractivity contribution in [3.8, 4) is 0 Å². The molecule has 0 aromatic carbocycles. The Morgan fingerprint density at radius 1 is 1.40 bits per heavy atom. The Kier molecular flexibility index (Phi) is 2.28. The SMILES string of the molecule is NCCS(=O)(=O)N1CCC1. The Bertz CT molecular complexity index is 196.